The Balaban J connectivity index is 0.000000205. The topological polar surface area (TPSA) is 187 Å². The highest BCUT2D eigenvalue weighted by atomic mass is 35.5. The predicted octanol–water partition coefficient (Wildman–Crippen LogP) is 2.49. The van der Waals surface area contributed by atoms with Crippen LogP contribution in [0, 0.1) is 15.9 Å². The number of aliphatic hydroxyl groups excluding tert-OH is 2. The number of carboxylic acids is 1. The van der Waals surface area contributed by atoms with Crippen LogP contribution in [0.5, 0.6) is 0 Å². The molecule has 16 heteroatoms. The summed E-state index contributed by atoms with van der Waals surface area (Å²) in [5.74, 6) is -2.51. The zero-order chi connectivity index (χ0) is 32.1. The van der Waals surface area contributed by atoms with Crippen molar-refractivity contribution in [3.8, 4) is 0 Å². The molecule has 2 aromatic carbocycles. The number of nitrogens with zero attached hydrogens (tertiary/aromatic N) is 3. The van der Waals surface area contributed by atoms with Crippen LogP contribution < -0.4 is 21.0 Å². The number of nitro benzene ring substituents is 1. The number of nitrogens with one attached hydrogen (secondary N) is 2. The second kappa shape index (κ2) is 14.3. The van der Waals surface area contributed by atoms with Crippen LogP contribution in [0.4, 0.5) is 15.8 Å². The van der Waals surface area contributed by atoms with Crippen molar-refractivity contribution in [2.75, 3.05) is 37.7 Å². The number of fused-ring (bicyclic) bond motifs is 1. The molecule has 13 nitrogen and oxygen atoms in total. The van der Waals surface area contributed by atoms with Crippen LogP contribution in [0.25, 0.3) is 10.9 Å². The number of aromatic nitrogens is 1. The highest BCUT2D eigenvalue weighted by Gasteiger charge is 2.28. The van der Waals surface area contributed by atoms with Crippen LogP contribution >= 0.6 is 23.2 Å². The molecule has 1 saturated carbocycles. The molecule has 2 atom stereocenters. The third-order valence-corrected chi connectivity index (χ3v) is 7.67. The lowest BCUT2D eigenvalue weighted by molar-refractivity contribution is -0.384. The molecule has 1 aliphatic carbocycles. The molecule has 2 heterocycles. The average Bonchev–Trinajstić information content (AvgIpc) is 3.86. The molecular weight excluding hydrogens is 624 g/mol. The van der Waals surface area contributed by atoms with Crippen LogP contribution in [-0.2, 0) is 4.79 Å². The summed E-state index contributed by atoms with van der Waals surface area (Å²) in [5.41, 5.74) is 0.329. The molecule has 0 radical (unpaired) electrons. The van der Waals surface area contributed by atoms with Crippen molar-refractivity contribution < 1.29 is 34.2 Å². The number of pyridine rings is 1. The first kappa shape index (κ1) is 33.1. The van der Waals surface area contributed by atoms with Gasteiger partial charge in [-0.1, -0.05) is 23.2 Å². The van der Waals surface area contributed by atoms with Gasteiger partial charge in [0.25, 0.3) is 11.6 Å². The summed E-state index contributed by atoms with van der Waals surface area (Å²) in [6.07, 6.45) is 2.04. The summed E-state index contributed by atoms with van der Waals surface area (Å²) < 4.78 is 16.4. The lowest BCUT2D eigenvalue weighted by Crippen LogP contribution is -2.44. The monoisotopic (exact) mass is 653 g/mol. The van der Waals surface area contributed by atoms with E-state index in [9.17, 15) is 39.1 Å². The standard InChI is InChI=1S/C17H18FN3O3.C11H12Cl2N2O5/c18-13-7-11-14(8-15(13)20-5-3-19-4-6-20)21(10-1-2-10)9-12(16(11)22)17(23)24;12-10(13)11(18)14-8(5-16)9(17)6-1-3-7(4-2-6)15(19)20/h7-10,19H,1-6H2,(H,23,24);1-4,8-10,16-17H,5H2,(H,14,18)/t;8-,9-/m.1/s1. The molecule has 1 aromatic heterocycles. The number of carbonyl (C=O) groups excluding carboxylic acids is 1. The maximum absolute atomic E-state index is 14.6. The van der Waals surface area contributed by atoms with Crippen LogP contribution in [-0.4, -0.2) is 80.4 Å². The van der Waals surface area contributed by atoms with E-state index in [-0.39, 0.29) is 22.7 Å². The Morgan fingerprint density at radius 2 is 1.80 bits per heavy atom. The van der Waals surface area contributed by atoms with E-state index in [2.05, 4.69) is 10.6 Å². The van der Waals surface area contributed by atoms with Gasteiger partial charge in [0.1, 0.15) is 17.5 Å². The second-order valence-corrected chi connectivity index (χ2v) is 11.4. The largest absolute Gasteiger partial charge is 0.477 e. The molecule has 0 bridgehead atoms. The molecule has 0 spiro atoms. The van der Waals surface area contributed by atoms with Gasteiger partial charge < -0.3 is 35.4 Å². The minimum absolute atomic E-state index is 0.132. The lowest BCUT2D eigenvalue weighted by atomic mass is 10.0. The number of aliphatic hydroxyl groups is 2. The molecule has 0 unspecified atom stereocenters. The molecule has 236 valence electrons. The molecule has 1 saturated heterocycles. The van der Waals surface area contributed by atoms with Gasteiger partial charge in [-0.25, -0.2) is 9.18 Å². The van der Waals surface area contributed by atoms with Gasteiger partial charge in [0.2, 0.25) is 5.43 Å². The number of piperazine rings is 1. The highest BCUT2D eigenvalue weighted by molar-refractivity contribution is 6.53. The van der Waals surface area contributed by atoms with Gasteiger partial charge in [-0.2, -0.15) is 0 Å². The van der Waals surface area contributed by atoms with Crippen LogP contribution in [0.1, 0.15) is 40.9 Å². The summed E-state index contributed by atoms with van der Waals surface area (Å²) in [6.45, 7) is 2.41. The van der Waals surface area contributed by atoms with Gasteiger partial charge in [-0.05, 0) is 42.7 Å². The van der Waals surface area contributed by atoms with Crippen molar-refractivity contribution in [1.29, 1.82) is 0 Å². The fraction of sp³-hybridized carbons (Fsp3) is 0.393. The highest BCUT2D eigenvalue weighted by Crippen LogP contribution is 2.38. The summed E-state index contributed by atoms with van der Waals surface area (Å²) in [6, 6.07) is 7.13. The van der Waals surface area contributed by atoms with Gasteiger partial charge in [0, 0.05) is 55.9 Å². The third kappa shape index (κ3) is 7.63. The van der Waals surface area contributed by atoms with Gasteiger partial charge in [-0.3, -0.25) is 19.7 Å². The number of aromatic carboxylic acids is 1. The van der Waals surface area contributed by atoms with E-state index in [0.29, 0.717) is 29.9 Å². The molecule has 5 N–H and O–H groups in total. The van der Waals surface area contributed by atoms with Crippen molar-refractivity contribution in [3.63, 3.8) is 0 Å². The normalized spacial score (nSPS) is 16.2. The number of alkyl halides is 2. The maximum Gasteiger partial charge on any atom is 0.341 e. The number of rotatable bonds is 9. The smallest absolute Gasteiger partial charge is 0.341 e. The first-order valence-electron chi connectivity index (χ1n) is 13.6. The zero-order valence-corrected chi connectivity index (χ0v) is 24.7. The number of benzene rings is 2. The molecule has 1 aliphatic heterocycles. The molecule has 2 fully saturated rings. The summed E-state index contributed by atoms with van der Waals surface area (Å²) in [4.78, 5) is 45.6. The van der Waals surface area contributed by atoms with E-state index in [0.717, 1.165) is 25.9 Å². The molecule has 44 heavy (non-hydrogen) atoms. The molecule has 3 aromatic rings. The Morgan fingerprint density at radius 3 is 2.32 bits per heavy atom. The average molecular weight is 654 g/mol. The Morgan fingerprint density at radius 1 is 1.16 bits per heavy atom. The molecule has 5 rings (SSSR count). The van der Waals surface area contributed by atoms with Crippen LogP contribution in [0.3, 0.4) is 0 Å². The molecule has 2 aliphatic rings. The van der Waals surface area contributed by atoms with Crippen molar-refractivity contribution in [3.05, 3.63) is 79.9 Å². The van der Waals surface area contributed by atoms with E-state index >= 15 is 0 Å². The van der Waals surface area contributed by atoms with Gasteiger partial charge in [0.05, 0.1) is 28.8 Å². The van der Waals surface area contributed by atoms with Crippen molar-refractivity contribution in [1.82, 2.24) is 15.2 Å². The van der Waals surface area contributed by atoms with Crippen molar-refractivity contribution >= 4 is 57.4 Å². The third-order valence-electron chi connectivity index (χ3n) is 7.28. The quantitative estimate of drug-likeness (QED) is 0.130. The number of anilines is 1. The number of non-ortho nitro benzene ring substituents is 1. The van der Waals surface area contributed by atoms with Gasteiger partial charge in [-0.15, -0.1) is 0 Å². The van der Waals surface area contributed by atoms with Crippen molar-refractivity contribution in [2.24, 2.45) is 0 Å². The maximum atomic E-state index is 14.6. The fourth-order valence-electron chi connectivity index (χ4n) is 4.81. The minimum Gasteiger partial charge on any atom is -0.477 e. The number of halogens is 3. The van der Waals surface area contributed by atoms with E-state index < -0.39 is 51.6 Å². The minimum atomic E-state index is -1.33. The summed E-state index contributed by atoms with van der Waals surface area (Å²) >= 11 is 10.7. The number of carbonyl (C=O) groups is 2. The van der Waals surface area contributed by atoms with E-state index in [1.807, 2.05) is 9.47 Å². The van der Waals surface area contributed by atoms with E-state index in [1.165, 1.54) is 36.5 Å². The Hall–Kier alpha value is -3.82. The van der Waals surface area contributed by atoms with Crippen LogP contribution in [0.15, 0.2) is 47.4 Å². The second-order valence-electron chi connectivity index (χ2n) is 10.3. The van der Waals surface area contributed by atoms with E-state index in [1.54, 1.807) is 6.07 Å². The number of hydrogen-bond acceptors (Lipinski definition) is 9. The van der Waals surface area contributed by atoms with E-state index in [4.69, 9.17) is 28.3 Å². The summed E-state index contributed by atoms with van der Waals surface area (Å²) in [5, 5.41) is 44.6. The predicted molar refractivity (Wildman–Crippen MR) is 161 cm³/mol. The number of nitro groups is 1. The van der Waals surface area contributed by atoms with Crippen LogP contribution in [0.2, 0.25) is 0 Å². The molecule has 1 amide bonds. The SMILES string of the molecule is O=C(N[C@H](CO)[C@H](O)c1ccc([N+](=O)[O-])cc1)C(Cl)Cl.O=C(O)c1cn(C2CC2)c2cc(N3CCNCC3)c(F)cc2c1=O. The number of amides is 1. The Kier molecular flexibility index (Phi) is 10.8. The number of carboxylic acid groups (broad SMARTS) is 1. The van der Waals surface area contributed by atoms with Gasteiger partial charge in [0.15, 0.2) is 4.84 Å². The van der Waals surface area contributed by atoms with Crippen molar-refractivity contribution in [2.45, 2.75) is 35.9 Å². The fourth-order valence-corrected chi connectivity index (χ4v) is 4.94. The van der Waals surface area contributed by atoms with Gasteiger partial charge >= 0.3 is 5.97 Å². The lowest BCUT2D eigenvalue weighted by Gasteiger charge is -2.30. The first-order valence-corrected chi connectivity index (χ1v) is 14.5. The Bertz CT molecular complexity index is 1590. The molecular formula is C28H30Cl2FN5O8. The Labute approximate surface area is 259 Å². The number of hydrogen-bond donors (Lipinski definition) is 5. The zero-order valence-electron chi connectivity index (χ0n) is 23.2. The summed E-state index contributed by atoms with van der Waals surface area (Å²) in [7, 11) is 0. The first-order chi connectivity index (χ1) is 20.9.